The predicted octanol–water partition coefficient (Wildman–Crippen LogP) is 2.43. The molecule has 3 heteroatoms. The van der Waals surface area contributed by atoms with Gasteiger partial charge in [-0.2, -0.15) is 0 Å². The summed E-state index contributed by atoms with van der Waals surface area (Å²) >= 11 is 0. The summed E-state index contributed by atoms with van der Waals surface area (Å²) in [7, 11) is 0. The van der Waals surface area contributed by atoms with Crippen LogP contribution in [-0.2, 0) is 4.74 Å². The van der Waals surface area contributed by atoms with Crippen LogP contribution in [0.3, 0.4) is 0 Å². The van der Waals surface area contributed by atoms with Crippen molar-refractivity contribution in [1.82, 2.24) is 0 Å². The first kappa shape index (κ1) is 10.0. The molecule has 0 aliphatic carbocycles. The van der Waals surface area contributed by atoms with Crippen LogP contribution in [0.15, 0.2) is 12.2 Å². The van der Waals surface area contributed by atoms with E-state index in [-0.39, 0.29) is 0 Å². The highest BCUT2D eigenvalue weighted by atomic mass is 16.7. The van der Waals surface area contributed by atoms with E-state index in [1.807, 2.05) is 6.08 Å². The third-order valence-corrected chi connectivity index (χ3v) is 1.14. The molecule has 0 aromatic heterocycles. The van der Waals surface area contributed by atoms with Gasteiger partial charge in [-0.25, -0.2) is 4.79 Å². The largest absolute Gasteiger partial charge is 0.505 e. The van der Waals surface area contributed by atoms with E-state index in [9.17, 15) is 4.79 Å². The minimum absolute atomic E-state index is 0.295. The van der Waals surface area contributed by atoms with Gasteiger partial charge in [0, 0.05) is 0 Å². The Balaban J connectivity index is 3.02. The van der Waals surface area contributed by atoms with Crippen molar-refractivity contribution in [3.8, 4) is 0 Å². The number of unbranched alkanes of at least 4 members (excludes halogenated alkanes) is 1. The number of hydrogen-bond donors (Lipinski definition) is 1. The number of allylic oxidation sites excluding steroid dienone is 2. The van der Waals surface area contributed by atoms with Crippen LogP contribution in [0, 0.1) is 0 Å². The number of ether oxygens (including phenoxy) is 1. The predicted molar refractivity (Wildman–Crippen MR) is 42.6 cm³/mol. The van der Waals surface area contributed by atoms with E-state index in [1.165, 1.54) is 0 Å². The average Bonchev–Trinajstić information content (AvgIpc) is 1.96. The second-order valence-electron chi connectivity index (χ2n) is 2.14. The fraction of sp³-hybridized carbons (Fsp3) is 0.625. The SMILES string of the molecule is CC/C=C\CCCOC(=O)O. The lowest BCUT2D eigenvalue weighted by Crippen LogP contribution is -2.00. The number of carbonyl (C=O) groups is 1. The van der Waals surface area contributed by atoms with E-state index in [2.05, 4.69) is 17.7 Å². The molecular weight excluding hydrogens is 144 g/mol. The Labute approximate surface area is 66.7 Å². The van der Waals surface area contributed by atoms with Crippen LogP contribution in [0.25, 0.3) is 0 Å². The van der Waals surface area contributed by atoms with Gasteiger partial charge in [0.2, 0.25) is 0 Å². The summed E-state index contributed by atoms with van der Waals surface area (Å²) in [6, 6.07) is 0. The van der Waals surface area contributed by atoms with E-state index in [1.54, 1.807) is 0 Å². The van der Waals surface area contributed by atoms with E-state index in [0.717, 1.165) is 19.3 Å². The molecule has 0 aliphatic heterocycles. The van der Waals surface area contributed by atoms with Crippen molar-refractivity contribution in [3.05, 3.63) is 12.2 Å². The van der Waals surface area contributed by atoms with Gasteiger partial charge in [-0.1, -0.05) is 19.1 Å². The molecule has 0 spiro atoms. The maximum absolute atomic E-state index is 9.85. The highest BCUT2D eigenvalue weighted by molar-refractivity contribution is 5.56. The lowest BCUT2D eigenvalue weighted by molar-refractivity contribution is 0.0909. The molecule has 0 saturated carbocycles. The Morgan fingerprint density at radius 3 is 2.82 bits per heavy atom. The first-order chi connectivity index (χ1) is 5.27. The van der Waals surface area contributed by atoms with Crippen LogP contribution in [0.5, 0.6) is 0 Å². The van der Waals surface area contributed by atoms with Crippen molar-refractivity contribution < 1.29 is 14.6 Å². The Kier molecular flexibility index (Phi) is 6.48. The van der Waals surface area contributed by atoms with Crippen molar-refractivity contribution in [2.45, 2.75) is 26.2 Å². The Morgan fingerprint density at radius 2 is 2.27 bits per heavy atom. The molecule has 0 rings (SSSR count). The minimum atomic E-state index is -1.19. The topological polar surface area (TPSA) is 46.5 Å². The first-order valence-electron chi connectivity index (χ1n) is 3.78. The maximum atomic E-state index is 9.85. The zero-order chi connectivity index (χ0) is 8.53. The van der Waals surface area contributed by atoms with Crippen molar-refractivity contribution >= 4 is 6.16 Å². The molecule has 11 heavy (non-hydrogen) atoms. The molecule has 0 bridgehead atoms. The van der Waals surface area contributed by atoms with Crippen molar-refractivity contribution in [2.75, 3.05) is 6.61 Å². The minimum Gasteiger partial charge on any atom is -0.450 e. The summed E-state index contributed by atoms with van der Waals surface area (Å²) in [6.07, 6.45) is 5.58. The highest BCUT2D eigenvalue weighted by Crippen LogP contribution is 1.93. The molecule has 1 N–H and O–H groups in total. The molecule has 0 heterocycles. The van der Waals surface area contributed by atoms with Gasteiger partial charge < -0.3 is 9.84 Å². The molecule has 0 aliphatic rings. The van der Waals surface area contributed by atoms with Crippen LogP contribution in [0.2, 0.25) is 0 Å². The quantitative estimate of drug-likeness (QED) is 0.379. The normalized spacial score (nSPS) is 10.3. The summed E-state index contributed by atoms with van der Waals surface area (Å²) in [5.74, 6) is 0. The molecule has 0 unspecified atom stereocenters. The average molecular weight is 158 g/mol. The monoisotopic (exact) mass is 158 g/mol. The summed E-state index contributed by atoms with van der Waals surface area (Å²) < 4.78 is 4.30. The van der Waals surface area contributed by atoms with Crippen molar-refractivity contribution in [2.24, 2.45) is 0 Å². The van der Waals surface area contributed by atoms with E-state index in [0.29, 0.717) is 6.61 Å². The summed E-state index contributed by atoms with van der Waals surface area (Å²) in [6.45, 7) is 2.35. The van der Waals surface area contributed by atoms with E-state index < -0.39 is 6.16 Å². The molecule has 0 radical (unpaired) electrons. The van der Waals surface area contributed by atoms with Crippen LogP contribution >= 0.6 is 0 Å². The van der Waals surface area contributed by atoms with Gasteiger partial charge >= 0.3 is 6.16 Å². The molecule has 0 aromatic carbocycles. The molecule has 0 amide bonds. The summed E-state index contributed by atoms with van der Waals surface area (Å²) in [5.41, 5.74) is 0. The van der Waals surface area contributed by atoms with Gasteiger partial charge in [-0.15, -0.1) is 0 Å². The van der Waals surface area contributed by atoms with Gasteiger partial charge in [-0.05, 0) is 19.3 Å². The Morgan fingerprint density at radius 1 is 1.55 bits per heavy atom. The molecule has 0 atom stereocenters. The lowest BCUT2D eigenvalue weighted by Gasteiger charge is -1.95. The van der Waals surface area contributed by atoms with Gasteiger partial charge in [0.1, 0.15) is 0 Å². The number of hydrogen-bond acceptors (Lipinski definition) is 2. The van der Waals surface area contributed by atoms with Crippen molar-refractivity contribution in [3.63, 3.8) is 0 Å². The standard InChI is InChI=1S/C8H14O3/c1-2-3-4-5-6-7-11-8(9)10/h3-4H,2,5-7H2,1H3,(H,9,10)/b4-3-. The van der Waals surface area contributed by atoms with Crippen LogP contribution in [0.4, 0.5) is 4.79 Å². The van der Waals surface area contributed by atoms with Crippen LogP contribution in [-0.4, -0.2) is 17.9 Å². The van der Waals surface area contributed by atoms with Gasteiger partial charge in [0.15, 0.2) is 0 Å². The molecule has 0 aromatic rings. The lowest BCUT2D eigenvalue weighted by atomic mass is 10.3. The van der Waals surface area contributed by atoms with Crippen LogP contribution < -0.4 is 0 Å². The smallest absolute Gasteiger partial charge is 0.450 e. The number of rotatable bonds is 5. The Bertz CT molecular complexity index is 129. The molecule has 0 saturated heterocycles. The first-order valence-corrected chi connectivity index (χ1v) is 3.78. The fourth-order valence-corrected chi connectivity index (χ4v) is 0.645. The zero-order valence-corrected chi connectivity index (χ0v) is 6.75. The zero-order valence-electron chi connectivity index (χ0n) is 6.75. The van der Waals surface area contributed by atoms with E-state index >= 15 is 0 Å². The molecule has 64 valence electrons. The van der Waals surface area contributed by atoms with E-state index in [4.69, 9.17) is 5.11 Å². The van der Waals surface area contributed by atoms with Gasteiger partial charge in [-0.3, -0.25) is 0 Å². The highest BCUT2D eigenvalue weighted by Gasteiger charge is 1.92. The fourth-order valence-electron chi connectivity index (χ4n) is 0.645. The molecular formula is C8H14O3. The second kappa shape index (κ2) is 7.12. The maximum Gasteiger partial charge on any atom is 0.505 e. The van der Waals surface area contributed by atoms with Crippen molar-refractivity contribution in [1.29, 1.82) is 0 Å². The van der Waals surface area contributed by atoms with Gasteiger partial charge in [0.25, 0.3) is 0 Å². The third-order valence-electron chi connectivity index (χ3n) is 1.14. The summed E-state index contributed by atoms with van der Waals surface area (Å²) in [5, 5.41) is 8.08. The van der Waals surface area contributed by atoms with Crippen LogP contribution in [0.1, 0.15) is 26.2 Å². The van der Waals surface area contributed by atoms with Gasteiger partial charge in [0.05, 0.1) is 6.61 Å². The second-order valence-corrected chi connectivity index (χ2v) is 2.14. The summed E-state index contributed by atoms with van der Waals surface area (Å²) in [4.78, 5) is 9.85. The third kappa shape index (κ3) is 9.01. The molecule has 3 nitrogen and oxygen atoms in total. The number of carboxylic acid groups (broad SMARTS) is 1. The molecule has 0 fully saturated rings. The Hall–Kier alpha value is -0.990.